The van der Waals surface area contributed by atoms with Gasteiger partial charge < -0.3 is 4.90 Å². The van der Waals surface area contributed by atoms with Gasteiger partial charge in [0.2, 0.25) is 5.91 Å². The lowest BCUT2D eigenvalue weighted by atomic mass is 9.78. The van der Waals surface area contributed by atoms with E-state index in [9.17, 15) is 4.79 Å². The molecule has 1 amide bonds. The van der Waals surface area contributed by atoms with Gasteiger partial charge in [-0.05, 0) is 49.8 Å². The van der Waals surface area contributed by atoms with Crippen molar-refractivity contribution in [3.05, 3.63) is 59.2 Å². The predicted molar refractivity (Wildman–Crippen MR) is 114 cm³/mol. The highest BCUT2D eigenvalue weighted by molar-refractivity contribution is 5.84. The molecule has 0 bridgehead atoms. The van der Waals surface area contributed by atoms with Crippen molar-refractivity contribution < 1.29 is 4.79 Å². The Balaban J connectivity index is 1.41. The largest absolute Gasteiger partial charge is 0.338 e. The first-order valence-electron chi connectivity index (χ1n) is 10.8. The molecule has 2 saturated heterocycles. The second-order valence-corrected chi connectivity index (χ2v) is 9.11. The molecule has 1 spiro atoms. The summed E-state index contributed by atoms with van der Waals surface area (Å²) in [6.07, 6.45) is 6.88. The van der Waals surface area contributed by atoms with Crippen molar-refractivity contribution in [3.63, 3.8) is 0 Å². The molecule has 0 radical (unpaired) electrons. The normalized spacial score (nSPS) is 22.8. The van der Waals surface area contributed by atoms with Gasteiger partial charge in [0.05, 0.1) is 5.41 Å². The quantitative estimate of drug-likeness (QED) is 0.774. The van der Waals surface area contributed by atoms with Crippen molar-refractivity contribution in [3.8, 4) is 0 Å². The fourth-order valence-corrected chi connectivity index (χ4v) is 4.76. The molecule has 1 aromatic carbocycles. The fraction of sp³-hybridized carbons (Fsp3) is 0.542. The van der Waals surface area contributed by atoms with E-state index in [4.69, 9.17) is 0 Å². The van der Waals surface area contributed by atoms with E-state index in [1.165, 1.54) is 11.1 Å². The van der Waals surface area contributed by atoms with Gasteiger partial charge in [0, 0.05) is 44.1 Å². The number of piperidine rings is 1. The van der Waals surface area contributed by atoms with Crippen molar-refractivity contribution in [2.75, 3.05) is 19.6 Å². The van der Waals surface area contributed by atoms with Gasteiger partial charge in [0.15, 0.2) is 0 Å². The van der Waals surface area contributed by atoms with Gasteiger partial charge in [0.25, 0.3) is 0 Å². The summed E-state index contributed by atoms with van der Waals surface area (Å²) < 4.78 is 0. The lowest BCUT2D eigenvalue weighted by Gasteiger charge is -2.39. The van der Waals surface area contributed by atoms with E-state index in [0.29, 0.717) is 11.8 Å². The van der Waals surface area contributed by atoms with Crippen LogP contribution in [0.5, 0.6) is 0 Å². The van der Waals surface area contributed by atoms with Crippen LogP contribution < -0.4 is 0 Å². The Bertz CT molecular complexity index is 846. The summed E-state index contributed by atoms with van der Waals surface area (Å²) in [5.41, 5.74) is 3.49. The minimum absolute atomic E-state index is 0.207. The average Bonchev–Trinajstić information content (AvgIpc) is 3.11. The summed E-state index contributed by atoms with van der Waals surface area (Å²) in [6.45, 7) is 10.6. The maximum atomic E-state index is 13.4. The number of amides is 1. The Kier molecular flexibility index (Phi) is 5.68. The van der Waals surface area contributed by atoms with Crippen LogP contribution in [0.4, 0.5) is 0 Å². The van der Waals surface area contributed by atoms with Crippen molar-refractivity contribution >= 4 is 5.91 Å². The van der Waals surface area contributed by atoms with Crippen LogP contribution in [0, 0.1) is 12.3 Å². The minimum atomic E-state index is -0.207. The number of carbonyl (C=O) groups excluding carboxylic acids is 1. The number of rotatable bonds is 5. The van der Waals surface area contributed by atoms with Crippen LogP contribution in [0.3, 0.4) is 0 Å². The summed E-state index contributed by atoms with van der Waals surface area (Å²) in [6, 6.07) is 8.76. The lowest BCUT2D eigenvalue weighted by Crippen LogP contribution is -2.49. The molecule has 1 aromatic heterocycles. The molecule has 0 saturated carbocycles. The van der Waals surface area contributed by atoms with E-state index in [1.807, 2.05) is 19.3 Å². The maximum absolute atomic E-state index is 13.4. The number of nitrogens with zero attached hydrogens (tertiary/aromatic N) is 4. The Morgan fingerprint density at radius 1 is 1.00 bits per heavy atom. The van der Waals surface area contributed by atoms with Crippen LogP contribution in [0.25, 0.3) is 0 Å². The van der Waals surface area contributed by atoms with E-state index in [-0.39, 0.29) is 5.41 Å². The highest BCUT2D eigenvalue weighted by Gasteiger charge is 2.48. The maximum Gasteiger partial charge on any atom is 0.230 e. The third-order valence-electron chi connectivity index (χ3n) is 6.52. The van der Waals surface area contributed by atoms with Crippen LogP contribution in [0.1, 0.15) is 61.5 Å². The summed E-state index contributed by atoms with van der Waals surface area (Å²) in [4.78, 5) is 26.5. The van der Waals surface area contributed by atoms with Crippen LogP contribution in [0.15, 0.2) is 36.7 Å². The van der Waals surface area contributed by atoms with Crippen LogP contribution in [-0.4, -0.2) is 45.3 Å². The van der Waals surface area contributed by atoms with Crippen molar-refractivity contribution in [1.82, 2.24) is 19.8 Å². The van der Waals surface area contributed by atoms with E-state index in [1.54, 1.807) is 0 Å². The number of aromatic nitrogens is 2. The SMILES string of the molecule is Cc1ncc(CN2CC[C@]3(CCCN(Cc4ccc(C(C)C)cc4)C3=O)C2)cn1. The molecular formula is C24H32N4O. The molecule has 2 aliphatic heterocycles. The van der Waals surface area contributed by atoms with E-state index in [2.05, 4.69) is 57.9 Å². The van der Waals surface area contributed by atoms with Gasteiger partial charge in [0.1, 0.15) is 5.82 Å². The van der Waals surface area contributed by atoms with Gasteiger partial charge in [-0.2, -0.15) is 0 Å². The zero-order valence-electron chi connectivity index (χ0n) is 17.9. The standard InChI is InChI=1S/C24H32N4O/c1-18(2)22-7-5-20(6-8-22)16-28-11-4-9-24(23(28)29)10-12-27(17-24)15-21-13-25-19(3)26-14-21/h5-8,13-14,18H,4,9-12,15-17H2,1-3H3/t24-/m1/s1. The lowest BCUT2D eigenvalue weighted by molar-refractivity contribution is -0.146. The Labute approximate surface area is 174 Å². The molecule has 154 valence electrons. The van der Waals surface area contributed by atoms with Gasteiger partial charge in [-0.1, -0.05) is 38.1 Å². The van der Waals surface area contributed by atoms with Gasteiger partial charge in [-0.25, -0.2) is 9.97 Å². The van der Waals surface area contributed by atoms with Crippen molar-refractivity contribution in [1.29, 1.82) is 0 Å². The summed E-state index contributed by atoms with van der Waals surface area (Å²) in [7, 11) is 0. The highest BCUT2D eigenvalue weighted by Crippen LogP contribution is 2.41. The second-order valence-electron chi connectivity index (χ2n) is 9.11. The Morgan fingerprint density at radius 3 is 2.41 bits per heavy atom. The molecule has 0 N–H and O–H groups in total. The molecule has 4 rings (SSSR count). The first-order chi connectivity index (χ1) is 13.9. The molecule has 2 aromatic rings. The number of aryl methyl sites for hydroxylation is 1. The van der Waals surface area contributed by atoms with Gasteiger partial charge >= 0.3 is 0 Å². The first-order valence-corrected chi connectivity index (χ1v) is 10.8. The minimum Gasteiger partial charge on any atom is -0.338 e. The Hall–Kier alpha value is -2.27. The van der Waals surface area contributed by atoms with Gasteiger partial charge in [-0.3, -0.25) is 9.69 Å². The molecule has 0 aliphatic carbocycles. The van der Waals surface area contributed by atoms with E-state index in [0.717, 1.165) is 63.4 Å². The van der Waals surface area contributed by atoms with E-state index >= 15 is 0 Å². The van der Waals surface area contributed by atoms with E-state index < -0.39 is 0 Å². The summed E-state index contributed by atoms with van der Waals surface area (Å²) in [5.74, 6) is 1.68. The van der Waals surface area contributed by atoms with Crippen molar-refractivity contribution in [2.24, 2.45) is 5.41 Å². The third kappa shape index (κ3) is 4.35. The van der Waals surface area contributed by atoms with Crippen LogP contribution in [0.2, 0.25) is 0 Å². The molecule has 5 heteroatoms. The van der Waals surface area contributed by atoms with Crippen LogP contribution >= 0.6 is 0 Å². The molecule has 29 heavy (non-hydrogen) atoms. The van der Waals surface area contributed by atoms with Crippen molar-refractivity contribution in [2.45, 2.75) is 59.0 Å². The van der Waals surface area contributed by atoms with Crippen LogP contribution in [-0.2, 0) is 17.9 Å². The average molecular weight is 393 g/mol. The predicted octanol–water partition coefficient (Wildman–Crippen LogP) is 3.92. The molecule has 2 fully saturated rings. The highest BCUT2D eigenvalue weighted by atomic mass is 16.2. The number of likely N-dealkylation sites (tertiary alicyclic amines) is 2. The fourth-order valence-electron chi connectivity index (χ4n) is 4.76. The smallest absolute Gasteiger partial charge is 0.230 e. The molecular weight excluding hydrogens is 360 g/mol. The Morgan fingerprint density at radius 2 is 1.72 bits per heavy atom. The molecule has 0 unspecified atom stereocenters. The number of hydrogen-bond donors (Lipinski definition) is 0. The topological polar surface area (TPSA) is 49.3 Å². The molecule has 2 aliphatic rings. The summed E-state index contributed by atoms with van der Waals surface area (Å²) >= 11 is 0. The second kappa shape index (κ2) is 8.23. The van der Waals surface area contributed by atoms with Gasteiger partial charge in [-0.15, -0.1) is 0 Å². The molecule has 5 nitrogen and oxygen atoms in total. The number of carbonyl (C=O) groups is 1. The molecule has 1 atom stereocenters. The zero-order chi connectivity index (χ0) is 20.4. The first kappa shape index (κ1) is 20.0. The number of benzene rings is 1. The summed E-state index contributed by atoms with van der Waals surface area (Å²) in [5, 5.41) is 0. The molecule has 3 heterocycles. The third-order valence-corrected chi connectivity index (χ3v) is 6.52. The zero-order valence-corrected chi connectivity index (χ0v) is 17.9. The monoisotopic (exact) mass is 392 g/mol. The number of hydrogen-bond acceptors (Lipinski definition) is 4.